The van der Waals surface area contributed by atoms with Crippen LogP contribution in [0.15, 0.2) is 41.0 Å². The van der Waals surface area contributed by atoms with Gasteiger partial charge in [-0.1, -0.05) is 0 Å². The first-order valence-electron chi connectivity index (χ1n) is 9.44. The minimum Gasteiger partial charge on any atom is -0.311 e. The summed E-state index contributed by atoms with van der Waals surface area (Å²) in [7, 11) is 0. The third-order valence-corrected chi connectivity index (χ3v) is 6.01. The zero-order chi connectivity index (χ0) is 19.8. The quantitative estimate of drug-likeness (QED) is 0.559. The van der Waals surface area contributed by atoms with Gasteiger partial charge in [-0.2, -0.15) is 5.26 Å². The average molecular weight is 437 g/mol. The monoisotopic (exact) mass is 436 g/mol. The van der Waals surface area contributed by atoms with Crippen molar-refractivity contribution in [3.8, 4) is 11.8 Å². The van der Waals surface area contributed by atoms with Gasteiger partial charge >= 0.3 is 0 Å². The van der Waals surface area contributed by atoms with Gasteiger partial charge in [0.1, 0.15) is 0 Å². The van der Waals surface area contributed by atoms with Crippen LogP contribution in [0.25, 0.3) is 16.7 Å². The number of carbonyl (C=O) groups excluding carboxylic acids is 1. The molecule has 4 rings (SSSR count). The number of rotatable bonds is 4. The molecule has 142 valence electrons. The fourth-order valence-electron chi connectivity index (χ4n) is 4.10. The van der Waals surface area contributed by atoms with Crippen LogP contribution in [-0.2, 0) is 0 Å². The summed E-state index contributed by atoms with van der Waals surface area (Å²) in [5, 5.41) is 9.07. The Bertz CT molecular complexity index is 1090. The maximum atomic E-state index is 13.3. The van der Waals surface area contributed by atoms with E-state index in [9.17, 15) is 4.79 Å². The van der Waals surface area contributed by atoms with Crippen molar-refractivity contribution in [2.45, 2.75) is 32.7 Å². The summed E-state index contributed by atoms with van der Waals surface area (Å²) in [6.45, 7) is 5.54. The van der Waals surface area contributed by atoms with Gasteiger partial charge in [-0.25, -0.2) is 0 Å². The average Bonchev–Trinajstić information content (AvgIpc) is 3.21. The molecule has 0 amide bonds. The van der Waals surface area contributed by atoms with Gasteiger partial charge in [-0.3, -0.25) is 14.7 Å². The van der Waals surface area contributed by atoms with Crippen molar-refractivity contribution in [1.82, 2.24) is 14.5 Å². The Morgan fingerprint density at radius 1 is 1.36 bits per heavy atom. The van der Waals surface area contributed by atoms with Crippen LogP contribution in [0.3, 0.4) is 0 Å². The van der Waals surface area contributed by atoms with Gasteiger partial charge in [0.15, 0.2) is 5.78 Å². The van der Waals surface area contributed by atoms with Crippen molar-refractivity contribution in [1.29, 1.82) is 5.26 Å². The van der Waals surface area contributed by atoms with E-state index in [1.54, 1.807) is 18.3 Å². The number of benzene rings is 1. The number of nitriles is 1. The van der Waals surface area contributed by atoms with Crippen molar-refractivity contribution >= 4 is 32.7 Å². The lowest BCUT2D eigenvalue weighted by Crippen LogP contribution is -2.32. The van der Waals surface area contributed by atoms with Crippen LogP contribution in [0.5, 0.6) is 0 Å². The molecule has 0 N–H and O–H groups in total. The molecule has 28 heavy (non-hydrogen) atoms. The van der Waals surface area contributed by atoms with E-state index in [4.69, 9.17) is 5.26 Å². The second-order valence-electron chi connectivity index (χ2n) is 7.36. The van der Waals surface area contributed by atoms with E-state index >= 15 is 0 Å². The maximum absolute atomic E-state index is 13.3. The van der Waals surface area contributed by atoms with E-state index in [0.29, 0.717) is 23.7 Å². The van der Waals surface area contributed by atoms with E-state index < -0.39 is 0 Å². The van der Waals surface area contributed by atoms with Crippen LogP contribution in [0.4, 0.5) is 0 Å². The highest BCUT2D eigenvalue weighted by Gasteiger charge is 2.27. The van der Waals surface area contributed by atoms with Gasteiger partial charge in [-0.05, 0) is 79.5 Å². The molecule has 6 heteroatoms. The van der Waals surface area contributed by atoms with E-state index in [1.807, 2.05) is 25.1 Å². The highest BCUT2D eigenvalue weighted by molar-refractivity contribution is 9.10. The fourth-order valence-corrected chi connectivity index (χ4v) is 4.42. The molecule has 1 fully saturated rings. The standard InChI is InChI=1S/C22H21BrN4O/c1-14-4-3-9-26(14)13-20(28)21-15(2)27(18-7-5-16(11-24)6-8-18)19-10-17(23)12-25-22(19)21/h5-8,10,12,14H,3-4,9,13H2,1-2H3/t14-/m1/s1. The molecule has 5 nitrogen and oxygen atoms in total. The highest BCUT2D eigenvalue weighted by atomic mass is 79.9. The third-order valence-electron chi connectivity index (χ3n) is 5.58. The molecule has 0 spiro atoms. The summed E-state index contributed by atoms with van der Waals surface area (Å²) >= 11 is 3.50. The maximum Gasteiger partial charge on any atom is 0.180 e. The summed E-state index contributed by atoms with van der Waals surface area (Å²) in [5.74, 6) is 0.110. The number of halogens is 1. The second-order valence-corrected chi connectivity index (χ2v) is 8.28. The Labute approximate surface area is 172 Å². The van der Waals surface area contributed by atoms with Gasteiger partial charge in [0, 0.05) is 28.1 Å². The fraction of sp³-hybridized carbons (Fsp3) is 0.318. The van der Waals surface area contributed by atoms with Gasteiger partial charge < -0.3 is 4.57 Å². The molecule has 3 heterocycles. The molecule has 0 unspecified atom stereocenters. The topological polar surface area (TPSA) is 61.9 Å². The van der Waals surface area contributed by atoms with Gasteiger partial charge in [0.25, 0.3) is 0 Å². The smallest absolute Gasteiger partial charge is 0.180 e. The molecule has 0 radical (unpaired) electrons. The first kappa shape index (κ1) is 18.9. The number of carbonyl (C=O) groups is 1. The number of fused-ring (bicyclic) bond motifs is 1. The van der Waals surface area contributed by atoms with Gasteiger partial charge in [0.05, 0.1) is 34.8 Å². The van der Waals surface area contributed by atoms with Crippen molar-refractivity contribution in [3.63, 3.8) is 0 Å². The minimum atomic E-state index is 0.110. The number of hydrogen-bond acceptors (Lipinski definition) is 4. The van der Waals surface area contributed by atoms with E-state index in [0.717, 1.165) is 46.3 Å². The summed E-state index contributed by atoms with van der Waals surface area (Å²) < 4.78 is 2.91. The summed E-state index contributed by atoms with van der Waals surface area (Å²) in [6, 6.07) is 12.0. The highest BCUT2D eigenvalue weighted by Crippen LogP contribution is 2.31. The third kappa shape index (κ3) is 3.25. The number of likely N-dealkylation sites (tertiary alicyclic amines) is 1. The lowest BCUT2D eigenvalue weighted by atomic mass is 10.1. The van der Waals surface area contributed by atoms with Crippen LogP contribution >= 0.6 is 15.9 Å². The number of hydrogen-bond donors (Lipinski definition) is 0. The summed E-state index contributed by atoms with van der Waals surface area (Å²) in [6.07, 6.45) is 4.02. The molecule has 0 aliphatic carbocycles. The van der Waals surface area contributed by atoms with E-state index in [-0.39, 0.29) is 5.78 Å². The first-order valence-corrected chi connectivity index (χ1v) is 10.2. The molecule has 0 bridgehead atoms. The Balaban J connectivity index is 1.84. The van der Waals surface area contributed by atoms with Crippen molar-refractivity contribution in [3.05, 3.63) is 57.8 Å². The van der Waals surface area contributed by atoms with Crippen LogP contribution in [0.1, 0.15) is 41.4 Å². The largest absolute Gasteiger partial charge is 0.311 e. The van der Waals surface area contributed by atoms with Crippen LogP contribution in [0, 0.1) is 18.3 Å². The zero-order valence-corrected chi connectivity index (χ0v) is 17.5. The molecule has 0 saturated carbocycles. The second kappa shape index (κ2) is 7.50. The predicted molar refractivity (Wildman–Crippen MR) is 113 cm³/mol. The number of pyridine rings is 1. The molecule has 1 aliphatic rings. The SMILES string of the molecule is Cc1c(C(=O)CN2CCC[C@H]2C)c2ncc(Br)cc2n1-c1ccc(C#N)cc1. The van der Waals surface area contributed by atoms with Crippen molar-refractivity contribution in [2.75, 3.05) is 13.1 Å². The minimum absolute atomic E-state index is 0.110. The van der Waals surface area contributed by atoms with Crippen LogP contribution < -0.4 is 0 Å². The number of ketones is 1. The number of aromatic nitrogens is 2. The van der Waals surface area contributed by atoms with Crippen LogP contribution in [0.2, 0.25) is 0 Å². The molecule has 1 saturated heterocycles. The normalized spacial score (nSPS) is 17.1. The van der Waals surface area contributed by atoms with Crippen molar-refractivity contribution in [2.24, 2.45) is 0 Å². The molecular formula is C22H21BrN4O. The zero-order valence-electron chi connectivity index (χ0n) is 15.9. The number of Topliss-reactive ketones (excluding diaryl/α,β-unsaturated/α-hetero) is 1. The molecule has 1 atom stereocenters. The number of nitrogens with zero attached hydrogens (tertiary/aromatic N) is 4. The predicted octanol–water partition coefficient (Wildman–Crippen LogP) is 4.64. The molecular weight excluding hydrogens is 416 g/mol. The Hall–Kier alpha value is -2.49. The van der Waals surface area contributed by atoms with Gasteiger partial charge in [0.2, 0.25) is 0 Å². The van der Waals surface area contributed by atoms with Gasteiger partial charge in [-0.15, -0.1) is 0 Å². The lowest BCUT2D eigenvalue weighted by Gasteiger charge is -2.19. The van der Waals surface area contributed by atoms with Crippen LogP contribution in [-0.4, -0.2) is 39.4 Å². The van der Waals surface area contributed by atoms with E-state index in [1.165, 1.54) is 0 Å². The molecule has 1 aromatic carbocycles. The Kier molecular flexibility index (Phi) is 5.05. The Morgan fingerprint density at radius 3 is 2.75 bits per heavy atom. The van der Waals surface area contributed by atoms with E-state index in [2.05, 4.69) is 43.4 Å². The molecule has 3 aromatic rings. The summed E-state index contributed by atoms with van der Waals surface area (Å²) in [4.78, 5) is 20.1. The summed E-state index contributed by atoms with van der Waals surface area (Å²) in [5.41, 5.74) is 4.69. The lowest BCUT2D eigenvalue weighted by molar-refractivity contribution is 0.0927. The Morgan fingerprint density at radius 2 is 2.11 bits per heavy atom. The molecule has 2 aromatic heterocycles. The first-order chi connectivity index (χ1) is 13.5. The van der Waals surface area contributed by atoms with Crippen molar-refractivity contribution < 1.29 is 4.79 Å². The molecule has 1 aliphatic heterocycles.